The predicted octanol–water partition coefficient (Wildman–Crippen LogP) is 2.02. The number of carboxylic acids is 1. The maximum Gasteiger partial charge on any atom is 0.317 e. The van der Waals surface area contributed by atoms with Crippen LogP contribution >= 0.6 is 0 Å². The van der Waals surface area contributed by atoms with Crippen LogP contribution in [-0.2, 0) is 4.79 Å². The Bertz CT molecular complexity index is 137. The molecule has 13 heavy (non-hydrogen) atoms. The lowest BCUT2D eigenvalue weighted by Crippen LogP contribution is -2.31. The van der Waals surface area contributed by atoms with Gasteiger partial charge in [0.1, 0.15) is 0 Å². The first-order valence-corrected chi connectivity index (χ1v) is 5.12. The van der Waals surface area contributed by atoms with E-state index in [1.54, 1.807) is 0 Å². The Morgan fingerprint density at radius 2 is 2.08 bits per heavy atom. The minimum atomic E-state index is -0.777. The minimum Gasteiger partial charge on any atom is -0.480 e. The van der Waals surface area contributed by atoms with Gasteiger partial charge in [0.05, 0.1) is 6.54 Å². The van der Waals surface area contributed by atoms with E-state index in [1.165, 1.54) is 25.7 Å². The fourth-order valence-corrected chi connectivity index (χ4v) is 1.24. The molecule has 0 saturated heterocycles. The zero-order chi connectivity index (χ0) is 10.1. The van der Waals surface area contributed by atoms with Crippen molar-refractivity contribution in [2.75, 3.05) is 6.54 Å². The third-order valence-electron chi connectivity index (χ3n) is 2.09. The van der Waals surface area contributed by atoms with Gasteiger partial charge in [0.25, 0.3) is 0 Å². The molecule has 2 N–H and O–H groups in total. The van der Waals surface area contributed by atoms with Crippen LogP contribution in [0.3, 0.4) is 0 Å². The standard InChI is InChI=1S/C10H21NO2/c1-3-4-5-6-7-9(2)11-8-10(12)13/h9,11H,3-8H2,1-2H3,(H,12,13). The van der Waals surface area contributed by atoms with Crippen molar-refractivity contribution in [3.05, 3.63) is 0 Å². The molecule has 0 fully saturated rings. The lowest BCUT2D eigenvalue weighted by atomic mass is 10.1. The Hall–Kier alpha value is -0.570. The van der Waals surface area contributed by atoms with E-state index < -0.39 is 5.97 Å². The smallest absolute Gasteiger partial charge is 0.317 e. The van der Waals surface area contributed by atoms with E-state index in [9.17, 15) is 4.79 Å². The molecule has 1 atom stereocenters. The van der Waals surface area contributed by atoms with Gasteiger partial charge >= 0.3 is 5.97 Å². The molecule has 0 aliphatic heterocycles. The van der Waals surface area contributed by atoms with Gasteiger partial charge in [0.15, 0.2) is 0 Å². The molecule has 0 amide bonds. The summed E-state index contributed by atoms with van der Waals surface area (Å²) in [4.78, 5) is 10.2. The van der Waals surface area contributed by atoms with Crippen molar-refractivity contribution in [3.63, 3.8) is 0 Å². The Kier molecular flexibility index (Phi) is 7.69. The van der Waals surface area contributed by atoms with Crippen molar-refractivity contribution < 1.29 is 9.90 Å². The molecule has 0 spiro atoms. The summed E-state index contributed by atoms with van der Waals surface area (Å²) in [5.74, 6) is -0.777. The fraction of sp³-hybridized carbons (Fsp3) is 0.900. The number of hydrogen-bond donors (Lipinski definition) is 2. The molecule has 3 nitrogen and oxygen atoms in total. The normalized spacial score (nSPS) is 12.8. The molecule has 0 aromatic carbocycles. The fourth-order valence-electron chi connectivity index (χ4n) is 1.24. The van der Waals surface area contributed by atoms with Crippen LogP contribution in [0.15, 0.2) is 0 Å². The topological polar surface area (TPSA) is 49.3 Å². The molecule has 0 radical (unpaired) electrons. The van der Waals surface area contributed by atoms with Crippen LogP contribution < -0.4 is 5.32 Å². The first-order valence-electron chi connectivity index (χ1n) is 5.12. The van der Waals surface area contributed by atoms with Gasteiger partial charge < -0.3 is 10.4 Å². The maximum atomic E-state index is 10.2. The highest BCUT2D eigenvalue weighted by Gasteiger charge is 2.02. The number of rotatable bonds is 8. The molecule has 78 valence electrons. The van der Waals surface area contributed by atoms with Crippen molar-refractivity contribution >= 4 is 5.97 Å². The summed E-state index contributed by atoms with van der Waals surface area (Å²) >= 11 is 0. The largest absolute Gasteiger partial charge is 0.480 e. The number of carboxylic acid groups (broad SMARTS) is 1. The van der Waals surface area contributed by atoms with E-state index in [0.717, 1.165) is 6.42 Å². The highest BCUT2D eigenvalue weighted by molar-refractivity contribution is 5.69. The summed E-state index contributed by atoms with van der Waals surface area (Å²) in [5.41, 5.74) is 0. The summed E-state index contributed by atoms with van der Waals surface area (Å²) in [7, 11) is 0. The van der Waals surface area contributed by atoms with E-state index in [1.807, 2.05) is 6.92 Å². The number of carbonyl (C=O) groups is 1. The monoisotopic (exact) mass is 187 g/mol. The van der Waals surface area contributed by atoms with Crippen LogP contribution in [-0.4, -0.2) is 23.7 Å². The lowest BCUT2D eigenvalue weighted by molar-refractivity contribution is -0.136. The average molecular weight is 187 g/mol. The van der Waals surface area contributed by atoms with Gasteiger partial charge in [-0.05, 0) is 13.3 Å². The number of unbranched alkanes of at least 4 members (excludes halogenated alkanes) is 3. The second-order valence-electron chi connectivity index (χ2n) is 3.53. The molecule has 0 aliphatic rings. The van der Waals surface area contributed by atoms with Gasteiger partial charge in [-0.2, -0.15) is 0 Å². The number of hydrogen-bond acceptors (Lipinski definition) is 2. The maximum absolute atomic E-state index is 10.2. The first-order chi connectivity index (χ1) is 6.16. The molecular formula is C10H21NO2. The summed E-state index contributed by atoms with van der Waals surface area (Å²) in [5, 5.41) is 11.4. The lowest BCUT2D eigenvalue weighted by Gasteiger charge is -2.11. The zero-order valence-electron chi connectivity index (χ0n) is 8.68. The van der Waals surface area contributed by atoms with E-state index in [4.69, 9.17) is 5.11 Å². The summed E-state index contributed by atoms with van der Waals surface area (Å²) < 4.78 is 0. The van der Waals surface area contributed by atoms with Crippen molar-refractivity contribution in [2.24, 2.45) is 0 Å². The van der Waals surface area contributed by atoms with Gasteiger partial charge in [-0.25, -0.2) is 0 Å². The van der Waals surface area contributed by atoms with Gasteiger partial charge in [-0.1, -0.05) is 32.6 Å². The Balaban J connectivity index is 3.19. The summed E-state index contributed by atoms with van der Waals surface area (Å²) in [6.45, 7) is 4.30. The van der Waals surface area contributed by atoms with Crippen LogP contribution in [0, 0.1) is 0 Å². The van der Waals surface area contributed by atoms with Gasteiger partial charge in [0.2, 0.25) is 0 Å². The Morgan fingerprint density at radius 3 is 2.62 bits per heavy atom. The van der Waals surface area contributed by atoms with Gasteiger partial charge in [0, 0.05) is 6.04 Å². The number of aliphatic carboxylic acids is 1. The van der Waals surface area contributed by atoms with Crippen LogP contribution in [0.2, 0.25) is 0 Å². The summed E-state index contributed by atoms with van der Waals surface area (Å²) in [6, 6.07) is 0.327. The first kappa shape index (κ1) is 12.4. The van der Waals surface area contributed by atoms with E-state index in [-0.39, 0.29) is 6.54 Å². The van der Waals surface area contributed by atoms with Crippen molar-refractivity contribution in [1.82, 2.24) is 5.32 Å². The van der Waals surface area contributed by atoms with Crippen molar-refractivity contribution in [3.8, 4) is 0 Å². The third-order valence-corrected chi connectivity index (χ3v) is 2.09. The Labute approximate surface area is 80.5 Å². The van der Waals surface area contributed by atoms with E-state index in [0.29, 0.717) is 6.04 Å². The van der Waals surface area contributed by atoms with Crippen molar-refractivity contribution in [2.45, 2.75) is 52.0 Å². The molecule has 0 aliphatic carbocycles. The molecule has 0 rings (SSSR count). The van der Waals surface area contributed by atoms with Crippen molar-refractivity contribution in [1.29, 1.82) is 0 Å². The molecule has 0 aromatic heterocycles. The molecular weight excluding hydrogens is 166 g/mol. The van der Waals surface area contributed by atoms with E-state index >= 15 is 0 Å². The number of nitrogens with one attached hydrogen (secondary N) is 1. The molecule has 0 heterocycles. The predicted molar refractivity (Wildman–Crippen MR) is 53.9 cm³/mol. The van der Waals surface area contributed by atoms with Crippen LogP contribution in [0.25, 0.3) is 0 Å². The third kappa shape index (κ3) is 9.34. The molecule has 1 unspecified atom stereocenters. The molecule has 0 bridgehead atoms. The molecule has 0 aromatic rings. The summed E-state index contributed by atoms with van der Waals surface area (Å²) in [6.07, 6.45) is 6.06. The highest BCUT2D eigenvalue weighted by atomic mass is 16.4. The molecule has 0 saturated carbocycles. The average Bonchev–Trinajstić information content (AvgIpc) is 2.09. The van der Waals surface area contributed by atoms with E-state index in [2.05, 4.69) is 12.2 Å². The van der Waals surface area contributed by atoms with Crippen LogP contribution in [0.4, 0.5) is 0 Å². The Morgan fingerprint density at radius 1 is 1.38 bits per heavy atom. The quantitative estimate of drug-likeness (QED) is 0.571. The zero-order valence-corrected chi connectivity index (χ0v) is 8.68. The van der Waals surface area contributed by atoms with Crippen LogP contribution in [0.1, 0.15) is 46.0 Å². The second-order valence-corrected chi connectivity index (χ2v) is 3.53. The van der Waals surface area contributed by atoms with Gasteiger partial charge in [-0.15, -0.1) is 0 Å². The SMILES string of the molecule is CCCCCCC(C)NCC(=O)O. The highest BCUT2D eigenvalue weighted by Crippen LogP contribution is 2.04. The minimum absolute atomic E-state index is 0.0783. The molecule has 3 heteroatoms. The van der Waals surface area contributed by atoms with Crippen LogP contribution in [0.5, 0.6) is 0 Å². The van der Waals surface area contributed by atoms with Gasteiger partial charge in [-0.3, -0.25) is 4.79 Å². The second kappa shape index (κ2) is 8.05.